The van der Waals surface area contributed by atoms with E-state index in [1.807, 2.05) is 24.3 Å². The fourth-order valence-corrected chi connectivity index (χ4v) is 3.70. The Labute approximate surface area is 164 Å². The van der Waals surface area contributed by atoms with Crippen LogP contribution >= 0.6 is 0 Å². The first kappa shape index (κ1) is 21.5. The average Bonchev–Trinajstić information content (AvgIpc) is 3.05. The van der Waals surface area contributed by atoms with Gasteiger partial charge in [0.2, 0.25) is 0 Å². The van der Waals surface area contributed by atoms with Crippen LogP contribution in [0.25, 0.3) is 0 Å². The molecule has 0 unspecified atom stereocenters. The Bertz CT molecular complexity index is 562. The third-order valence-electron chi connectivity index (χ3n) is 5.08. The van der Waals surface area contributed by atoms with E-state index < -0.39 is 0 Å². The highest BCUT2D eigenvalue weighted by molar-refractivity contribution is 5.86. The number of benzene rings is 1. The minimum Gasteiger partial charge on any atom is -0.491 e. The second-order valence-electron chi connectivity index (χ2n) is 7.78. The topological polar surface area (TPSA) is 50.8 Å². The van der Waals surface area contributed by atoms with Gasteiger partial charge in [-0.2, -0.15) is 0 Å². The van der Waals surface area contributed by atoms with Gasteiger partial charge < -0.3 is 14.4 Å². The lowest BCUT2D eigenvalue weighted by molar-refractivity contribution is 0.0780. The van der Waals surface area contributed by atoms with Crippen molar-refractivity contribution in [3.05, 3.63) is 24.3 Å². The molecule has 27 heavy (non-hydrogen) atoms. The zero-order chi connectivity index (χ0) is 19.5. The lowest BCUT2D eigenvalue weighted by Gasteiger charge is -2.23. The number of hydrogen-bond donors (Lipinski definition) is 1. The normalized spacial score (nSPS) is 19.3. The van der Waals surface area contributed by atoms with Gasteiger partial charge in [0.15, 0.2) is 0 Å². The molecule has 1 aromatic carbocycles. The number of nitrogens with one attached hydrogen (secondary N) is 1. The van der Waals surface area contributed by atoms with Gasteiger partial charge in [0.1, 0.15) is 11.9 Å². The summed E-state index contributed by atoms with van der Waals surface area (Å²) in [6.45, 7) is 3.84. The zero-order valence-corrected chi connectivity index (χ0v) is 17.2. The second kappa shape index (κ2) is 11.9. The molecule has 0 aromatic heterocycles. The summed E-state index contributed by atoms with van der Waals surface area (Å²) in [6, 6.07) is 7.58. The number of amides is 1. The van der Waals surface area contributed by atoms with Crippen molar-refractivity contribution < 1.29 is 14.3 Å². The molecule has 2 atom stereocenters. The molecule has 2 rings (SSSR count). The summed E-state index contributed by atoms with van der Waals surface area (Å²) in [5.41, 5.74) is 0.679. The van der Waals surface area contributed by atoms with Crippen LogP contribution < -0.4 is 10.1 Å². The van der Waals surface area contributed by atoms with E-state index >= 15 is 0 Å². The average molecular weight is 377 g/mol. The van der Waals surface area contributed by atoms with Gasteiger partial charge in [0.25, 0.3) is 0 Å². The van der Waals surface area contributed by atoms with Crippen LogP contribution in [0.1, 0.15) is 58.3 Å². The maximum atomic E-state index is 12.4. The number of unbranched alkanes of at least 4 members (excludes halogenated alkanes) is 4. The molecule has 1 aromatic rings. The summed E-state index contributed by atoms with van der Waals surface area (Å²) in [4.78, 5) is 14.6. The molecule has 1 saturated carbocycles. The van der Waals surface area contributed by atoms with Gasteiger partial charge in [-0.15, -0.1) is 0 Å². The van der Waals surface area contributed by atoms with Crippen molar-refractivity contribution >= 4 is 11.8 Å². The Morgan fingerprint density at radius 2 is 1.93 bits per heavy atom. The highest BCUT2D eigenvalue weighted by atomic mass is 16.6. The SMILES string of the molecule is CCCCCCCOc1ccccc1NC(=O)O[C@@H]1CCC[C@@H]1CN(C)C. The summed E-state index contributed by atoms with van der Waals surface area (Å²) in [5, 5.41) is 2.87. The van der Waals surface area contributed by atoms with Crippen LogP contribution in [0.15, 0.2) is 24.3 Å². The van der Waals surface area contributed by atoms with E-state index in [0.29, 0.717) is 24.0 Å². The Morgan fingerprint density at radius 1 is 1.15 bits per heavy atom. The molecule has 152 valence electrons. The monoisotopic (exact) mass is 376 g/mol. The molecule has 0 bridgehead atoms. The molecule has 5 heteroatoms. The quantitative estimate of drug-likeness (QED) is 0.531. The van der Waals surface area contributed by atoms with Crippen LogP contribution in [0.4, 0.5) is 10.5 Å². The fraction of sp³-hybridized carbons (Fsp3) is 0.682. The molecule has 5 nitrogen and oxygen atoms in total. The molecule has 1 aliphatic carbocycles. The van der Waals surface area contributed by atoms with Crippen LogP contribution in [-0.2, 0) is 4.74 Å². The molecule has 0 spiro atoms. The van der Waals surface area contributed by atoms with Crippen molar-refractivity contribution in [2.75, 3.05) is 32.6 Å². The second-order valence-corrected chi connectivity index (χ2v) is 7.78. The molecule has 0 heterocycles. The maximum absolute atomic E-state index is 12.4. The van der Waals surface area contributed by atoms with E-state index in [9.17, 15) is 4.79 Å². The zero-order valence-electron chi connectivity index (χ0n) is 17.2. The van der Waals surface area contributed by atoms with E-state index in [4.69, 9.17) is 9.47 Å². The number of anilines is 1. The van der Waals surface area contributed by atoms with Gasteiger partial charge in [-0.3, -0.25) is 5.32 Å². The molecule has 1 aliphatic rings. The van der Waals surface area contributed by atoms with Gasteiger partial charge in [0, 0.05) is 12.5 Å². The summed E-state index contributed by atoms with van der Waals surface area (Å²) in [6.07, 6.45) is 8.79. The smallest absolute Gasteiger partial charge is 0.412 e. The summed E-state index contributed by atoms with van der Waals surface area (Å²) in [5.74, 6) is 1.13. The largest absolute Gasteiger partial charge is 0.491 e. The number of carbonyl (C=O) groups excluding carboxylic acids is 1. The van der Waals surface area contributed by atoms with E-state index in [1.165, 1.54) is 25.7 Å². The predicted octanol–water partition coefficient (Wildman–Crippen LogP) is 5.31. The van der Waals surface area contributed by atoms with Gasteiger partial charge >= 0.3 is 6.09 Å². The van der Waals surface area contributed by atoms with E-state index in [0.717, 1.165) is 32.2 Å². The number of ether oxygens (including phenoxy) is 2. The molecular formula is C22H36N2O3. The first-order valence-electron chi connectivity index (χ1n) is 10.4. The predicted molar refractivity (Wildman–Crippen MR) is 110 cm³/mol. The third kappa shape index (κ3) is 7.79. The Balaban J connectivity index is 1.81. The third-order valence-corrected chi connectivity index (χ3v) is 5.08. The number of para-hydroxylation sites is 2. The van der Waals surface area contributed by atoms with E-state index in [2.05, 4.69) is 31.2 Å². The van der Waals surface area contributed by atoms with Crippen LogP contribution in [0.5, 0.6) is 5.75 Å². The Morgan fingerprint density at radius 3 is 2.70 bits per heavy atom. The highest BCUT2D eigenvalue weighted by Crippen LogP contribution is 2.30. The molecule has 1 N–H and O–H groups in total. The van der Waals surface area contributed by atoms with Crippen molar-refractivity contribution in [3.8, 4) is 5.75 Å². The highest BCUT2D eigenvalue weighted by Gasteiger charge is 2.30. The van der Waals surface area contributed by atoms with Crippen molar-refractivity contribution in [1.82, 2.24) is 4.90 Å². The number of hydrogen-bond acceptors (Lipinski definition) is 4. The van der Waals surface area contributed by atoms with E-state index in [-0.39, 0.29) is 12.2 Å². The fourth-order valence-electron chi connectivity index (χ4n) is 3.70. The molecule has 0 saturated heterocycles. The van der Waals surface area contributed by atoms with E-state index in [1.54, 1.807) is 0 Å². The lowest BCUT2D eigenvalue weighted by Crippen LogP contribution is -2.31. The van der Waals surface area contributed by atoms with Crippen LogP contribution in [0.2, 0.25) is 0 Å². The molecule has 0 aliphatic heterocycles. The van der Waals surface area contributed by atoms with Gasteiger partial charge in [-0.1, -0.05) is 44.7 Å². The minimum absolute atomic E-state index is 0.000883. The van der Waals surface area contributed by atoms with Crippen LogP contribution in [0, 0.1) is 5.92 Å². The number of nitrogens with zero attached hydrogens (tertiary/aromatic N) is 1. The molecular weight excluding hydrogens is 340 g/mol. The van der Waals surface area contributed by atoms with Gasteiger partial charge in [-0.05, 0) is 51.9 Å². The Hall–Kier alpha value is -1.75. The summed E-state index contributed by atoms with van der Waals surface area (Å²) < 4.78 is 11.6. The van der Waals surface area contributed by atoms with Crippen LogP contribution in [0.3, 0.4) is 0 Å². The molecule has 1 fully saturated rings. The van der Waals surface area contributed by atoms with Crippen LogP contribution in [-0.4, -0.2) is 44.3 Å². The molecule has 0 radical (unpaired) electrons. The standard InChI is InChI=1S/C22H36N2O3/c1-4-5-6-7-10-16-26-21-14-9-8-13-19(21)23-22(25)27-20-15-11-12-18(20)17-24(2)3/h8-9,13-14,18,20H,4-7,10-12,15-17H2,1-3H3,(H,23,25)/t18-,20-/m1/s1. The summed E-state index contributed by atoms with van der Waals surface area (Å²) in [7, 11) is 4.12. The molecule has 1 amide bonds. The minimum atomic E-state index is -0.385. The lowest BCUT2D eigenvalue weighted by atomic mass is 10.1. The Kier molecular flexibility index (Phi) is 9.46. The number of carbonyl (C=O) groups is 1. The number of rotatable bonds is 11. The first-order valence-corrected chi connectivity index (χ1v) is 10.4. The van der Waals surface area contributed by atoms with Crippen molar-refractivity contribution in [1.29, 1.82) is 0 Å². The summed E-state index contributed by atoms with van der Waals surface area (Å²) >= 11 is 0. The maximum Gasteiger partial charge on any atom is 0.412 e. The first-order chi connectivity index (χ1) is 13.1. The van der Waals surface area contributed by atoms with Gasteiger partial charge in [-0.25, -0.2) is 4.79 Å². The van der Waals surface area contributed by atoms with Crippen molar-refractivity contribution in [2.45, 2.75) is 64.4 Å². The van der Waals surface area contributed by atoms with Crippen molar-refractivity contribution in [2.24, 2.45) is 5.92 Å². The van der Waals surface area contributed by atoms with Crippen molar-refractivity contribution in [3.63, 3.8) is 0 Å². The van der Waals surface area contributed by atoms with Gasteiger partial charge in [0.05, 0.1) is 12.3 Å².